The summed E-state index contributed by atoms with van der Waals surface area (Å²) in [5.41, 5.74) is 0.0824. The first-order valence-corrected chi connectivity index (χ1v) is 8.25. The van der Waals surface area contributed by atoms with Crippen LogP contribution in [0.2, 0.25) is 0 Å². The molecule has 1 unspecified atom stereocenters. The highest BCUT2D eigenvalue weighted by molar-refractivity contribution is 7.98. The van der Waals surface area contributed by atoms with Crippen LogP contribution in [0.5, 0.6) is 0 Å². The van der Waals surface area contributed by atoms with Crippen molar-refractivity contribution >= 4 is 29.1 Å². The van der Waals surface area contributed by atoms with E-state index in [1.807, 2.05) is 13.2 Å². The Hall–Kier alpha value is -0.550. The van der Waals surface area contributed by atoms with E-state index in [-0.39, 0.29) is 17.6 Å². The standard InChI is InChI=1S/C14H19ClF3NS/c1-4-11(9-20-3)19(2)13-6-5-10(8-15)7-12(13)14(16,17)18/h5-7,11H,4,8-9H2,1-3H3. The zero-order valence-electron chi connectivity index (χ0n) is 11.8. The molecule has 0 spiro atoms. The zero-order chi connectivity index (χ0) is 15.3. The van der Waals surface area contributed by atoms with Crippen molar-refractivity contribution in [1.29, 1.82) is 0 Å². The quantitative estimate of drug-likeness (QED) is 0.675. The highest BCUT2D eigenvalue weighted by Crippen LogP contribution is 2.38. The maximum absolute atomic E-state index is 13.2. The Morgan fingerprint density at radius 1 is 1.35 bits per heavy atom. The summed E-state index contributed by atoms with van der Waals surface area (Å²) in [6.45, 7) is 1.98. The molecule has 0 aliphatic heterocycles. The number of hydrogen-bond donors (Lipinski definition) is 0. The van der Waals surface area contributed by atoms with Gasteiger partial charge in [0.1, 0.15) is 0 Å². The number of thioether (sulfide) groups is 1. The fraction of sp³-hybridized carbons (Fsp3) is 0.571. The first-order chi connectivity index (χ1) is 9.35. The van der Waals surface area contributed by atoms with Gasteiger partial charge in [-0.3, -0.25) is 0 Å². The van der Waals surface area contributed by atoms with E-state index in [1.54, 1.807) is 29.8 Å². The predicted molar refractivity (Wildman–Crippen MR) is 81.9 cm³/mol. The lowest BCUT2D eigenvalue weighted by Gasteiger charge is -2.31. The Morgan fingerprint density at radius 3 is 2.45 bits per heavy atom. The average Bonchev–Trinajstić information content (AvgIpc) is 2.42. The SMILES string of the molecule is CCC(CSC)N(C)c1ccc(CCl)cc1C(F)(F)F. The van der Waals surface area contributed by atoms with Crippen molar-refractivity contribution < 1.29 is 13.2 Å². The molecule has 0 aliphatic carbocycles. The van der Waals surface area contributed by atoms with Crippen LogP contribution >= 0.6 is 23.4 Å². The number of alkyl halides is 4. The smallest absolute Gasteiger partial charge is 0.370 e. The van der Waals surface area contributed by atoms with Gasteiger partial charge in [-0.05, 0) is 30.4 Å². The number of halogens is 4. The molecule has 20 heavy (non-hydrogen) atoms. The predicted octanol–water partition coefficient (Wildman–Crippen LogP) is 5.02. The minimum absolute atomic E-state index is 0.0768. The molecule has 0 saturated carbocycles. The third-order valence-corrected chi connectivity index (χ3v) is 4.31. The molecule has 0 aliphatic rings. The van der Waals surface area contributed by atoms with Gasteiger partial charge < -0.3 is 4.90 Å². The first-order valence-electron chi connectivity index (χ1n) is 6.33. The number of anilines is 1. The van der Waals surface area contributed by atoms with Gasteiger partial charge in [0, 0.05) is 30.4 Å². The third-order valence-electron chi connectivity index (χ3n) is 3.28. The Labute approximate surface area is 127 Å². The van der Waals surface area contributed by atoms with E-state index >= 15 is 0 Å². The van der Waals surface area contributed by atoms with Crippen molar-refractivity contribution in [2.75, 3.05) is 24.0 Å². The number of rotatable bonds is 6. The molecule has 0 bridgehead atoms. The lowest BCUT2D eigenvalue weighted by Crippen LogP contribution is -2.34. The summed E-state index contributed by atoms with van der Waals surface area (Å²) < 4.78 is 39.6. The summed E-state index contributed by atoms with van der Waals surface area (Å²) in [6, 6.07) is 4.39. The van der Waals surface area contributed by atoms with E-state index in [0.29, 0.717) is 5.56 Å². The van der Waals surface area contributed by atoms with E-state index in [9.17, 15) is 13.2 Å². The Bertz CT molecular complexity index is 437. The lowest BCUT2D eigenvalue weighted by molar-refractivity contribution is -0.137. The molecule has 0 N–H and O–H groups in total. The normalized spacial score (nSPS) is 13.3. The number of nitrogens with zero attached hydrogens (tertiary/aromatic N) is 1. The van der Waals surface area contributed by atoms with Gasteiger partial charge in [0.15, 0.2) is 0 Å². The molecular formula is C14H19ClF3NS. The molecule has 1 aromatic rings. The van der Waals surface area contributed by atoms with Gasteiger partial charge in [-0.1, -0.05) is 13.0 Å². The highest BCUT2D eigenvalue weighted by atomic mass is 35.5. The second-order valence-corrected chi connectivity index (χ2v) is 5.79. The Kier molecular flexibility index (Phi) is 6.52. The van der Waals surface area contributed by atoms with Crippen LogP contribution in [-0.2, 0) is 12.1 Å². The molecule has 0 saturated heterocycles. The third kappa shape index (κ3) is 4.22. The van der Waals surface area contributed by atoms with Gasteiger partial charge in [-0.25, -0.2) is 0 Å². The van der Waals surface area contributed by atoms with E-state index in [1.165, 1.54) is 6.07 Å². The maximum Gasteiger partial charge on any atom is 0.418 e. The van der Waals surface area contributed by atoms with Gasteiger partial charge in [-0.15, -0.1) is 11.6 Å². The summed E-state index contributed by atoms with van der Waals surface area (Å²) in [4.78, 5) is 1.72. The molecule has 0 amide bonds. The van der Waals surface area contributed by atoms with Crippen molar-refractivity contribution in [3.05, 3.63) is 29.3 Å². The van der Waals surface area contributed by atoms with Crippen molar-refractivity contribution in [2.45, 2.75) is 31.4 Å². The molecule has 6 heteroatoms. The van der Waals surface area contributed by atoms with Gasteiger partial charge in [0.25, 0.3) is 0 Å². The van der Waals surface area contributed by atoms with Crippen LogP contribution in [0, 0.1) is 0 Å². The molecule has 0 aromatic heterocycles. The maximum atomic E-state index is 13.2. The summed E-state index contributed by atoms with van der Waals surface area (Å²) in [6.07, 6.45) is -1.62. The largest absolute Gasteiger partial charge is 0.418 e. The number of benzene rings is 1. The van der Waals surface area contributed by atoms with E-state index in [2.05, 4.69) is 0 Å². The minimum Gasteiger partial charge on any atom is -0.370 e. The van der Waals surface area contributed by atoms with Crippen LogP contribution in [0.4, 0.5) is 18.9 Å². The monoisotopic (exact) mass is 325 g/mol. The van der Waals surface area contributed by atoms with Gasteiger partial charge in [0.05, 0.1) is 5.56 Å². The van der Waals surface area contributed by atoms with Crippen LogP contribution in [0.3, 0.4) is 0 Å². The second kappa shape index (κ2) is 7.46. The molecule has 0 heterocycles. The Morgan fingerprint density at radius 2 is 2.00 bits per heavy atom. The van der Waals surface area contributed by atoms with Crippen LogP contribution in [0.15, 0.2) is 18.2 Å². The summed E-state index contributed by atoms with van der Waals surface area (Å²) in [5, 5.41) is 0. The highest BCUT2D eigenvalue weighted by Gasteiger charge is 2.35. The first kappa shape index (κ1) is 17.5. The van der Waals surface area contributed by atoms with E-state index in [0.717, 1.165) is 18.2 Å². The van der Waals surface area contributed by atoms with E-state index < -0.39 is 11.7 Å². The van der Waals surface area contributed by atoms with E-state index in [4.69, 9.17) is 11.6 Å². The van der Waals surface area contributed by atoms with Crippen molar-refractivity contribution in [3.63, 3.8) is 0 Å². The van der Waals surface area contributed by atoms with Crippen LogP contribution in [0.25, 0.3) is 0 Å². The van der Waals surface area contributed by atoms with Crippen molar-refractivity contribution in [3.8, 4) is 0 Å². The fourth-order valence-corrected chi connectivity index (χ4v) is 3.10. The molecule has 0 radical (unpaired) electrons. The van der Waals surface area contributed by atoms with Crippen molar-refractivity contribution in [2.24, 2.45) is 0 Å². The zero-order valence-corrected chi connectivity index (χ0v) is 13.4. The average molecular weight is 326 g/mol. The fourth-order valence-electron chi connectivity index (χ4n) is 2.09. The molecule has 1 aromatic carbocycles. The van der Waals surface area contributed by atoms with Crippen molar-refractivity contribution in [1.82, 2.24) is 0 Å². The van der Waals surface area contributed by atoms with Crippen LogP contribution in [-0.4, -0.2) is 25.1 Å². The summed E-state index contributed by atoms with van der Waals surface area (Å²) >= 11 is 7.27. The summed E-state index contributed by atoms with van der Waals surface area (Å²) in [5.74, 6) is 0.872. The number of hydrogen-bond acceptors (Lipinski definition) is 2. The van der Waals surface area contributed by atoms with Gasteiger partial charge in [-0.2, -0.15) is 24.9 Å². The van der Waals surface area contributed by atoms with Gasteiger partial charge >= 0.3 is 6.18 Å². The minimum atomic E-state index is -4.37. The van der Waals surface area contributed by atoms with Gasteiger partial charge in [0.2, 0.25) is 0 Å². The molecule has 1 nitrogen and oxygen atoms in total. The lowest BCUT2D eigenvalue weighted by atomic mass is 10.1. The topological polar surface area (TPSA) is 3.24 Å². The molecule has 1 atom stereocenters. The Balaban J connectivity index is 3.22. The molecule has 0 fully saturated rings. The van der Waals surface area contributed by atoms with Crippen LogP contribution in [0.1, 0.15) is 24.5 Å². The van der Waals surface area contributed by atoms with Crippen LogP contribution < -0.4 is 4.90 Å². The molecule has 1 rings (SSSR count). The molecular weight excluding hydrogens is 307 g/mol. The molecule has 114 valence electrons. The summed E-state index contributed by atoms with van der Waals surface area (Å²) in [7, 11) is 1.72. The second-order valence-electron chi connectivity index (χ2n) is 4.61.